The molecule has 2 aromatic rings. The van der Waals surface area contributed by atoms with Crippen LogP contribution in [0, 0.1) is 6.92 Å². The molecule has 0 spiro atoms. The van der Waals surface area contributed by atoms with Gasteiger partial charge in [0, 0.05) is 25.5 Å². The van der Waals surface area contributed by atoms with Crippen molar-refractivity contribution in [3.05, 3.63) is 35.4 Å². The number of hydrogen-bond donors (Lipinski definition) is 0. The van der Waals surface area contributed by atoms with Crippen LogP contribution in [0.15, 0.2) is 18.3 Å². The van der Waals surface area contributed by atoms with Crippen LogP contribution in [-0.2, 0) is 30.6 Å². The van der Waals surface area contributed by atoms with Crippen LogP contribution < -0.4 is 0 Å². The number of aryl methyl sites for hydroxylation is 2. The van der Waals surface area contributed by atoms with Gasteiger partial charge in [0.15, 0.2) is 5.69 Å². The lowest BCUT2D eigenvalue weighted by atomic mass is 10.3. The minimum Gasteiger partial charge on any atom is -0.338 e. The standard InChI is InChI=1S/C14H18F3N5O/c1-4-21-11(5-6-18-21)8-20(3)13(23)9-22-10(2)7-12(19-22)14(15,16)17/h5-7H,4,8-9H2,1-3H3. The van der Waals surface area contributed by atoms with Gasteiger partial charge in [-0.3, -0.25) is 14.2 Å². The van der Waals surface area contributed by atoms with Gasteiger partial charge < -0.3 is 4.90 Å². The average Bonchev–Trinajstić information content (AvgIpc) is 3.05. The molecule has 2 rings (SSSR count). The van der Waals surface area contributed by atoms with Crippen molar-refractivity contribution in [3.63, 3.8) is 0 Å². The number of halogens is 3. The maximum Gasteiger partial charge on any atom is 0.435 e. The molecule has 2 aromatic heterocycles. The topological polar surface area (TPSA) is 56.0 Å². The maximum absolute atomic E-state index is 12.6. The molecule has 0 saturated carbocycles. The molecule has 1 amide bonds. The normalized spacial score (nSPS) is 11.7. The van der Waals surface area contributed by atoms with E-state index in [0.717, 1.165) is 16.4 Å². The van der Waals surface area contributed by atoms with E-state index in [1.54, 1.807) is 24.0 Å². The first-order valence-corrected chi connectivity index (χ1v) is 7.08. The summed E-state index contributed by atoms with van der Waals surface area (Å²) >= 11 is 0. The Morgan fingerprint density at radius 2 is 2.04 bits per heavy atom. The zero-order chi connectivity index (χ0) is 17.2. The van der Waals surface area contributed by atoms with Crippen LogP contribution in [0.2, 0.25) is 0 Å². The summed E-state index contributed by atoms with van der Waals surface area (Å²) in [5.74, 6) is -0.325. The fourth-order valence-electron chi connectivity index (χ4n) is 2.17. The van der Waals surface area contributed by atoms with Gasteiger partial charge in [0.1, 0.15) is 6.54 Å². The Hall–Kier alpha value is -2.32. The van der Waals surface area contributed by atoms with E-state index in [1.807, 2.05) is 6.92 Å². The number of rotatable bonds is 5. The van der Waals surface area contributed by atoms with Crippen molar-refractivity contribution in [2.75, 3.05) is 7.05 Å². The summed E-state index contributed by atoms with van der Waals surface area (Å²) in [6.07, 6.45) is -2.87. The van der Waals surface area contributed by atoms with Crippen molar-refractivity contribution < 1.29 is 18.0 Å². The van der Waals surface area contributed by atoms with E-state index in [-0.39, 0.29) is 18.1 Å². The minimum atomic E-state index is -4.52. The summed E-state index contributed by atoms with van der Waals surface area (Å²) in [5, 5.41) is 7.57. The van der Waals surface area contributed by atoms with Gasteiger partial charge >= 0.3 is 6.18 Å². The molecule has 0 unspecified atom stereocenters. The van der Waals surface area contributed by atoms with Gasteiger partial charge in [-0.15, -0.1) is 0 Å². The van der Waals surface area contributed by atoms with E-state index in [2.05, 4.69) is 10.2 Å². The molecule has 0 aliphatic rings. The molecule has 2 heterocycles. The van der Waals surface area contributed by atoms with Crippen molar-refractivity contribution >= 4 is 5.91 Å². The zero-order valence-corrected chi connectivity index (χ0v) is 13.1. The number of aromatic nitrogens is 4. The quantitative estimate of drug-likeness (QED) is 0.844. The number of amides is 1. The predicted molar refractivity (Wildman–Crippen MR) is 76.3 cm³/mol. The third kappa shape index (κ3) is 3.91. The van der Waals surface area contributed by atoms with Crippen LogP contribution in [0.5, 0.6) is 0 Å². The second kappa shape index (κ2) is 6.43. The lowest BCUT2D eigenvalue weighted by molar-refractivity contribution is -0.142. The molecule has 0 fully saturated rings. The Bertz CT molecular complexity index is 689. The molecule has 9 heteroatoms. The highest BCUT2D eigenvalue weighted by atomic mass is 19.4. The van der Waals surface area contributed by atoms with Crippen LogP contribution in [0.25, 0.3) is 0 Å². The summed E-state index contributed by atoms with van der Waals surface area (Å²) in [5.41, 5.74) is 0.156. The van der Waals surface area contributed by atoms with Gasteiger partial charge in [-0.05, 0) is 26.0 Å². The maximum atomic E-state index is 12.6. The van der Waals surface area contributed by atoms with Crippen LogP contribution in [-0.4, -0.2) is 37.4 Å². The summed E-state index contributed by atoms with van der Waals surface area (Å²) in [6.45, 7) is 4.20. The molecule has 126 valence electrons. The average molecular weight is 329 g/mol. The van der Waals surface area contributed by atoms with Crippen molar-refractivity contribution in [1.29, 1.82) is 0 Å². The van der Waals surface area contributed by atoms with E-state index in [1.165, 1.54) is 11.8 Å². The van der Waals surface area contributed by atoms with Crippen LogP contribution in [0.3, 0.4) is 0 Å². The van der Waals surface area contributed by atoms with E-state index in [9.17, 15) is 18.0 Å². The molecule has 0 aliphatic heterocycles. The first-order chi connectivity index (χ1) is 10.7. The van der Waals surface area contributed by atoms with E-state index in [4.69, 9.17) is 0 Å². The Balaban J connectivity index is 2.05. The molecule has 23 heavy (non-hydrogen) atoms. The van der Waals surface area contributed by atoms with Gasteiger partial charge in [-0.1, -0.05) is 0 Å². The summed E-state index contributed by atoms with van der Waals surface area (Å²) < 4.78 is 40.7. The van der Waals surface area contributed by atoms with E-state index >= 15 is 0 Å². The zero-order valence-electron chi connectivity index (χ0n) is 13.1. The van der Waals surface area contributed by atoms with Gasteiger partial charge in [0.05, 0.1) is 12.2 Å². The highest BCUT2D eigenvalue weighted by Gasteiger charge is 2.34. The molecule has 0 bridgehead atoms. The smallest absolute Gasteiger partial charge is 0.338 e. The van der Waals surface area contributed by atoms with E-state index in [0.29, 0.717) is 13.1 Å². The number of nitrogens with zero attached hydrogens (tertiary/aromatic N) is 5. The van der Waals surface area contributed by atoms with Crippen LogP contribution >= 0.6 is 0 Å². The minimum absolute atomic E-state index is 0.237. The van der Waals surface area contributed by atoms with Crippen LogP contribution in [0.1, 0.15) is 24.0 Å². The number of alkyl halides is 3. The SMILES string of the molecule is CCn1nccc1CN(C)C(=O)Cn1nc(C(F)(F)F)cc1C. The third-order valence-electron chi connectivity index (χ3n) is 3.49. The Labute approximate surface area is 131 Å². The second-order valence-electron chi connectivity index (χ2n) is 5.21. The molecule has 0 radical (unpaired) electrons. The first-order valence-electron chi connectivity index (χ1n) is 7.08. The fraction of sp³-hybridized carbons (Fsp3) is 0.500. The van der Waals surface area contributed by atoms with Gasteiger partial charge in [0.2, 0.25) is 5.91 Å². The number of hydrogen-bond acceptors (Lipinski definition) is 3. The molecule has 0 aromatic carbocycles. The summed E-state index contributed by atoms with van der Waals surface area (Å²) in [6, 6.07) is 2.73. The molecule has 0 aliphatic carbocycles. The van der Waals surface area contributed by atoms with Crippen LogP contribution in [0.4, 0.5) is 13.2 Å². The van der Waals surface area contributed by atoms with Crippen molar-refractivity contribution in [1.82, 2.24) is 24.5 Å². The van der Waals surface area contributed by atoms with Crippen molar-refractivity contribution in [2.45, 2.75) is 39.7 Å². The van der Waals surface area contributed by atoms with Crippen molar-refractivity contribution in [2.24, 2.45) is 0 Å². The summed E-state index contributed by atoms with van der Waals surface area (Å²) in [7, 11) is 1.60. The second-order valence-corrected chi connectivity index (χ2v) is 5.21. The fourth-order valence-corrected chi connectivity index (χ4v) is 2.17. The largest absolute Gasteiger partial charge is 0.435 e. The Morgan fingerprint density at radius 3 is 2.61 bits per heavy atom. The van der Waals surface area contributed by atoms with Gasteiger partial charge in [-0.2, -0.15) is 23.4 Å². The number of carbonyl (C=O) groups excluding carboxylic acids is 1. The Morgan fingerprint density at radius 1 is 1.35 bits per heavy atom. The summed E-state index contributed by atoms with van der Waals surface area (Å²) in [4.78, 5) is 13.6. The third-order valence-corrected chi connectivity index (χ3v) is 3.49. The lowest BCUT2D eigenvalue weighted by Gasteiger charge is -2.18. The first kappa shape index (κ1) is 17.0. The molecule has 6 nitrogen and oxygen atoms in total. The number of carbonyl (C=O) groups is 1. The highest BCUT2D eigenvalue weighted by molar-refractivity contribution is 5.75. The monoisotopic (exact) mass is 329 g/mol. The van der Waals surface area contributed by atoms with E-state index < -0.39 is 11.9 Å². The molecule has 0 atom stereocenters. The number of likely N-dealkylation sites (N-methyl/N-ethyl adjacent to an activating group) is 1. The molecular weight excluding hydrogens is 311 g/mol. The Kier molecular flexibility index (Phi) is 4.76. The highest BCUT2D eigenvalue weighted by Crippen LogP contribution is 2.28. The van der Waals surface area contributed by atoms with Gasteiger partial charge in [-0.25, -0.2) is 0 Å². The molecular formula is C14H18F3N5O. The van der Waals surface area contributed by atoms with Gasteiger partial charge in [0.25, 0.3) is 0 Å². The van der Waals surface area contributed by atoms with Crippen molar-refractivity contribution in [3.8, 4) is 0 Å². The molecule has 0 N–H and O–H groups in total. The lowest BCUT2D eigenvalue weighted by Crippen LogP contribution is -2.31. The predicted octanol–water partition coefficient (Wildman–Crippen LogP) is 2.09. The molecule has 0 saturated heterocycles.